The van der Waals surface area contributed by atoms with E-state index in [4.69, 9.17) is 16.3 Å². The van der Waals surface area contributed by atoms with E-state index in [0.29, 0.717) is 15.5 Å². The van der Waals surface area contributed by atoms with Gasteiger partial charge in [-0.1, -0.05) is 55.4 Å². The van der Waals surface area contributed by atoms with Crippen molar-refractivity contribution < 1.29 is 19.2 Å². The van der Waals surface area contributed by atoms with Crippen molar-refractivity contribution in [2.45, 2.75) is 36.5 Å². The third kappa shape index (κ3) is 6.59. The Bertz CT molecular complexity index is 1420. The maximum atomic E-state index is 13.0. The number of carbonyl (C=O) groups excluding carboxylic acids is 2. The molecule has 0 radical (unpaired) electrons. The third-order valence-electron chi connectivity index (χ3n) is 5.76. The summed E-state index contributed by atoms with van der Waals surface area (Å²) in [7, 11) is 0. The fourth-order valence-corrected chi connectivity index (χ4v) is 5.71. The Labute approximate surface area is 234 Å². The van der Waals surface area contributed by atoms with Crippen LogP contribution in [-0.2, 0) is 4.79 Å². The van der Waals surface area contributed by atoms with E-state index in [1.165, 1.54) is 23.9 Å². The monoisotopic (exact) mass is 568 g/mol. The van der Waals surface area contributed by atoms with Gasteiger partial charge in [-0.25, -0.2) is 0 Å². The second-order valence-corrected chi connectivity index (χ2v) is 11.5. The molecule has 1 fully saturated rings. The van der Waals surface area contributed by atoms with Crippen molar-refractivity contribution in [3.63, 3.8) is 0 Å². The first kappa shape index (κ1) is 27.8. The number of amides is 2. The maximum absolute atomic E-state index is 13.0. The highest BCUT2D eigenvalue weighted by atomic mass is 35.5. The van der Waals surface area contributed by atoms with Crippen LogP contribution in [0.5, 0.6) is 5.75 Å². The predicted molar refractivity (Wildman–Crippen MR) is 152 cm³/mol. The second kappa shape index (κ2) is 12.1. The molecule has 0 atom stereocenters. The van der Waals surface area contributed by atoms with E-state index in [1.54, 1.807) is 36.4 Å². The Balaban J connectivity index is 1.46. The minimum absolute atomic E-state index is 0.0922. The average Bonchev–Trinajstić information content (AvgIpc) is 3.13. The van der Waals surface area contributed by atoms with Crippen molar-refractivity contribution in [2.75, 3.05) is 13.2 Å². The number of carbonyl (C=O) groups is 2. The first-order valence-electron chi connectivity index (χ1n) is 11.8. The van der Waals surface area contributed by atoms with Crippen LogP contribution >= 0.6 is 35.1 Å². The summed E-state index contributed by atoms with van der Waals surface area (Å²) in [4.78, 5) is 39.4. The zero-order chi connectivity index (χ0) is 27.4. The molecule has 0 aromatic heterocycles. The Kier molecular flexibility index (Phi) is 8.81. The first-order chi connectivity index (χ1) is 18.1. The summed E-state index contributed by atoms with van der Waals surface area (Å²) < 4.78 is 5.94. The van der Waals surface area contributed by atoms with Crippen LogP contribution in [0.1, 0.15) is 36.5 Å². The zero-order valence-corrected chi connectivity index (χ0v) is 23.4. The van der Waals surface area contributed by atoms with Gasteiger partial charge in [0.05, 0.1) is 21.3 Å². The number of rotatable bonds is 9. The molecule has 1 aliphatic rings. The average molecular weight is 569 g/mol. The standard InChI is InChI=1S/C28H25ClN2O5S2/c1-17(2)22-10-4-18(3)14-24(22)36-13-12-30-27(32)26(38-28(30)33)16-19-5-11-25(23(15-19)31(34)35)37-21-8-6-20(29)7-9-21/h4-11,14-17H,12-13H2,1-3H3/b26-16-. The molecular formula is C28H25ClN2O5S2. The summed E-state index contributed by atoms with van der Waals surface area (Å²) in [6.45, 7) is 6.39. The molecule has 1 heterocycles. The summed E-state index contributed by atoms with van der Waals surface area (Å²) in [6, 6.07) is 17.7. The number of benzene rings is 3. The van der Waals surface area contributed by atoms with E-state index in [9.17, 15) is 19.7 Å². The van der Waals surface area contributed by atoms with Gasteiger partial charge in [-0.05, 0) is 83.8 Å². The van der Waals surface area contributed by atoms with Gasteiger partial charge in [0, 0.05) is 16.0 Å². The van der Waals surface area contributed by atoms with Crippen molar-refractivity contribution in [1.82, 2.24) is 4.90 Å². The molecule has 0 N–H and O–H groups in total. The lowest BCUT2D eigenvalue weighted by Crippen LogP contribution is -2.32. The highest BCUT2D eigenvalue weighted by molar-refractivity contribution is 8.18. The molecule has 4 rings (SSSR count). The van der Waals surface area contributed by atoms with Gasteiger partial charge < -0.3 is 4.74 Å². The molecule has 0 bridgehead atoms. The molecule has 0 unspecified atom stereocenters. The van der Waals surface area contributed by atoms with Gasteiger partial charge >= 0.3 is 0 Å². The van der Waals surface area contributed by atoms with Crippen LogP contribution in [-0.4, -0.2) is 34.1 Å². The Hall–Kier alpha value is -3.27. The largest absolute Gasteiger partial charge is 0.491 e. The lowest BCUT2D eigenvalue weighted by molar-refractivity contribution is -0.387. The van der Waals surface area contributed by atoms with Crippen molar-refractivity contribution in [3.05, 3.63) is 97.4 Å². The van der Waals surface area contributed by atoms with E-state index in [1.807, 2.05) is 25.1 Å². The van der Waals surface area contributed by atoms with Crippen molar-refractivity contribution in [3.8, 4) is 5.75 Å². The Morgan fingerprint density at radius 1 is 1.11 bits per heavy atom. The van der Waals surface area contributed by atoms with E-state index in [-0.39, 0.29) is 29.7 Å². The smallest absolute Gasteiger partial charge is 0.293 e. The van der Waals surface area contributed by atoms with Gasteiger partial charge in [-0.3, -0.25) is 24.6 Å². The van der Waals surface area contributed by atoms with Crippen LogP contribution in [0.4, 0.5) is 10.5 Å². The van der Waals surface area contributed by atoms with Gasteiger partial charge in [-0.2, -0.15) is 0 Å². The fraction of sp³-hybridized carbons (Fsp3) is 0.214. The zero-order valence-electron chi connectivity index (χ0n) is 21.0. The second-order valence-electron chi connectivity index (χ2n) is 8.92. The normalized spacial score (nSPS) is 14.6. The molecule has 3 aromatic carbocycles. The number of imide groups is 1. The highest BCUT2D eigenvalue weighted by Crippen LogP contribution is 2.38. The minimum Gasteiger partial charge on any atom is -0.491 e. The molecule has 0 aliphatic carbocycles. The molecule has 1 aliphatic heterocycles. The van der Waals surface area contributed by atoms with E-state index >= 15 is 0 Å². The van der Waals surface area contributed by atoms with Crippen molar-refractivity contribution in [1.29, 1.82) is 0 Å². The number of nitrogens with zero attached hydrogens (tertiary/aromatic N) is 2. The van der Waals surface area contributed by atoms with Crippen LogP contribution in [0.2, 0.25) is 5.02 Å². The molecule has 0 spiro atoms. The molecule has 10 heteroatoms. The van der Waals surface area contributed by atoms with Crippen molar-refractivity contribution in [2.24, 2.45) is 0 Å². The molecule has 196 valence electrons. The lowest BCUT2D eigenvalue weighted by atomic mass is 10.0. The summed E-state index contributed by atoms with van der Waals surface area (Å²) in [6.07, 6.45) is 1.51. The van der Waals surface area contributed by atoms with Gasteiger partial charge in [0.15, 0.2) is 0 Å². The molecule has 7 nitrogen and oxygen atoms in total. The lowest BCUT2D eigenvalue weighted by Gasteiger charge is -2.17. The quantitative estimate of drug-likeness (QED) is 0.147. The summed E-state index contributed by atoms with van der Waals surface area (Å²) in [5, 5.41) is 11.9. The molecule has 38 heavy (non-hydrogen) atoms. The Morgan fingerprint density at radius 3 is 2.53 bits per heavy atom. The number of ether oxygens (including phenoxy) is 1. The van der Waals surface area contributed by atoms with Crippen LogP contribution in [0.15, 0.2) is 75.4 Å². The number of halogens is 1. The van der Waals surface area contributed by atoms with Gasteiger partial charge in [0.2, 0.25) is 0 Å². The highest BCUT2D eigenvalue weighted by Gasteiger charge is 2.35. The summed E-state index contributed by atoms with van der Waals surface area (Å²) in [5.41, 5.74) is 2.49. The number of aryl methyl sites for hydroxylation is 1. The molecule has 0 saturated carbocycles. The van der Waals surface area contributed by atoms with Crippen molar-refractivity contribution >= 4 is 58.0 Å². The minimum atomic E-state index is -0.463. The molecule has 2 amide bonds. The first-order valence-corrected chi connectivity index (χ1v) is 13.8. The van der Waals surface area contributed by atoms with Crippen LogP contribution < -0.4 is 4.74 Å². The number of hydrogen-bond acceptors (Lipinski definition) is 7. The van der Waals surface area contributed by atoms with Crippen LogP contribution in [0.3, 0.4) is 0 Å². The summed E-state index contributed by atoms with van der Waals surface area (Å²) in [5.74, 6) is 0.566. The molecule has 3 aromatic rings. The summed E-state index contributed by atoms with van der Waals surface area (Å²) >= 11 is 7.98. The van der Waals surface area contributed by atoms with Gasteiger partial charge in [0.1, 0.15) is 12.4 Å². The fourth-order valence-electron chi connectivity index (χ4n) is 3.82. The molecule has 1 saturated heterocycles. The van der Waals surface area contributed by atoms with E-state index in [0.717, 1.165) is 38.4 Å². The van der Waals surface area contributed by atoms with Crippen LogP contribution in [0.25, 0.3) is 6.08 Å². The van der Waals surface area contributed by atoms with E-state index < -0.39 is 16.1 Å². The Morgan fingerprint density at radius 2 is 1.84 bits per heavy atom. The van der Waals surface area contributed by atoms with Gasteiger partial charge in [0.25, 0.3) is 16.8 Å². The third-order valence-corrected chi connectivity index (χ3v) is 7.99. The number of hydrogen-bond donors (Lipinski definition) is 0. The molecular weight excluding hydrogens is 544 g/mol. The SMILES string of the molecule is Cc1ccc(C(C)C)c(OCCN2C(=O)S/C(=C\c3ccc(Sc4ccc(Cl)cc4)c([N+](=O)[O-])c3)C2=O)c1. The van der Waals surface area contributed by atoms with E-state index in [2.05, 4.69) is 13.8 Å². The number of thioether (sulfide) groups is 1. The number of nitro benzene ring substituents is 1. The predicted octanol–water partition coefficient (Wildman–Crippen LogP) is 7.95. The van der Waals surface area contributed by atoms with Gasteiger partial charge in [-0.15, -0.1) is 0 Å². The maximum Gasteiger partial charge on any atom is 0.293 e. The van der Waals surface area contributed by atoms with Crippen LogP contribution in [0, 0.1) is 17.0 Å². The number of nitro groups is 1. The topological polar surface area (TPSA) is 89.8 Å².